The second kappa shape index (κ2) is 6.84. The number of hydrogen-bond acceptors (Lipinski definition) is 3. The van der Waals surface area contributed by atoms with Crippen molar-refractivity contribution in [3.8, 4) is 5.75 Å². The van der Waals surface area contributed by atoms with Crippen molar-refractivity contribution in [3.05, 3.63) is 65.7 Å². The first kappa shape index (κ1) is 15.0. The van der Waals surface area contributed by atoms with Gasteiger partial charge in [0.1, 0.15) is 11.5 Å². The smallest absolute Gasteiger partial charge is 0.308 e. The highest BCUT2D eigenvalue weighted by Crippen LogP contribution is 2.34. The second-order valence-corrected chi connectivity index (χ2v) is 5.00. The molecular weight excluding hydrogens is 264 g/mol. The van der Waals surface area contributed by atoms with Crippen molar-refractivity contribution in [2.75, 3.05) is 0 Å². The van der Waals surface area contributed by atoms with Crippen LogP contribution in [0.3, 0.4) is 0 Å². The maximum Gasteiger partial charge on any atom is 0.308 e. The molecule has 0 fully saturated rings. The average Bonchev–Trinajstić information content (AvgIpc) is 2.46. The maximum atomic E-state index is 11.6. The molecular formula is C18H18O3. The Labute approximate surface area is 124 Å². The van der Waals surface area contributed by atoms with Crippen LogP contribution in [0.5, 0.6) is 5.75 Å². The molecule has 0 aromatic heterocycles. The van der Waals surface area contributed by atoms with Gasteiger partial charge in [0.25, 0.3) is 0 Å². The van der Waals surface area contributed by atoms with Gasteiger partial charge >= 0.3 is 5.97 Å². The molecule has 3 nitrogen and oxygen atoms in total. The first-order chi connectivity index (χ1) is 10.1. The van der Waals surface area contributed by atoms with Gasteiger partial charge in [0.15, 0.2) is 0 Å². The van der Waals surface area contributed by atoms with Crippen LogP contribution in [0, 0.1) is 0 Å². The number of Topliss-reactive ketones (excluding diaryl/α,β-unsaturated/α-hetero) is 1. The Morgan fingerprint density at radius 2 is 1.57 bits per heavy atom. The van der Waals surface area contributed by atoms with Crippen LogP contribution < -0.4 is 4.74 Å². The number of benzene rings is 2. The summed E-state index contributed by atoms with van der Waals surface area (Å²) in [5, 5.41) is 0. The van der Waals surface area contributed by atoms with Crippen LogP contribution in [0.15, 0.2) is 54.6 Å². The van der Waals surface area contributed by atoms with Gasteiger partial charge in [0, 0.05) is 24.8 Å². The van der Waals surface area contributed by atoms with E-state index in [0.717, 1.165) is 11.1 Å². The van der Waals surface area contributed by atoms with E-state index in [-0.39, 0.29) is 17.7 Å². The molecule has 0 radical (unpaired) electrons. The quantitative estimate of drug-likeness (QED) is 0.620. The minimum Gasteiger partial charge on any atom is -0.426 e. The third kappa shape index (κ3) is 4.02. The normalized spacial score (nSPS) is 11.7. The summed E-state index contributed by atoms with van der Waals surface area (Å²) in [6, 6.07) is 17.2. The highest BCUT2D eigenvalue weighted by atomic mass is 16.5. The fourth-order valence-electron chi connectivity index (χ4n) is 2.40. The summed E-state index contributed by atoms with van der Waals surface area (Å²) in [5.41, 5.74) is 1.89. The van der Waals surface area contributed by atoms with E-state index < -0.39 is 0 Å². The highest BCUT2D eigenvalue weighted by Gasteiger charge is 2.20. The topological polar surface area (TPSA) is 43.4 Å². The molecule has 108 valence electrons. The average molecular weight is 282 g/mol. The summed E-state index contributed by atoms with van der Waals surface area (Å²) < 4.78 is 5.28. The summed E-state index contributed by atoms with van der Waals surface area (Å²) in [4.78, 5) is 22.9. The van der Waals surface area contributed by atoms with E-state index in [9.17, 15) is 9.59 Å². The molecule has 0 aliphatic carbocycles. The minimum absolute atomic E-state index is 0.0986. The van der Waals surface area contributed by atoms with Gasteiger partial charge in [-0.25, -0.2) is 0 Å². The van der Waals surface area contributed by atoms with Crippen molar-refractivity contribution in [1.29, 1.82) is 0 Å². The first-order valence-corrected chi connectivity index (χ1v) is 6.89. The largest absolute Gasteiger partial charge is 0.426 e. The number of carbonyl (C=O) groups is 2. The predicted molar refractivity (Wildman–Crippen MR) is 81.3 cm³/mol. The Morgan fingerprint density at radius 3 is 2.19 bits per heavy atom. The molecule has 0 saturated heterocycles. The van der Waals surface area contributed by atoms with E-state index in [0.29, 0.717) is 12.2 Å². The lowest BCUT2D eigenvalue weighted by Crippen LogP contribution is -2.10. The van der Waals surface area contributed by atoms with Crippen LogP contribution in [-0.4, -0.2) is 11.8 Å². The molecule has 2 rings (SSSR count). The van der Waals surface area contributed by atoms with Crippen molar-refractivity contribution < 1.29 is 14.3 Å². The van der Waals surface area contributed by atoms with Crippen molar-refractivity contribution in [1.82, 2.24) is 0 Å². The van der Waals surface area contributed by atoms with Gasteiger partial charge in [-0.3, -0.25) is 9.59 Å². The van der Waals surface area contributed by atoms with E-state index in [2.05, 4.69) is 0 Å². The van der Waals surface area contributed by atoms with Crippen molar-refractivity contribution in [3.63, 3.8) is 0 Å². The van der Waals surface area contributed by atoms with Crippen molar-refractivity contribution in [2.24, 2.45) is 0 Å². The molecule has 0 N–H and O–H groups in total. The predicted octanol–water partition coefficient (Wildman–Crippen LogP) is 3.72. The van der Waals surface area contributed by atoms with E-state index in [1.165, 1.54) is 6.92 Å². The Bertz CT molecular complexity index is 632. The minimum atomic E-state index is -0.364. The van der Waals surface area contributed by atoms with Crippen LogP contribution in [0.4, 0.5) is 0 Å². The van der Waals surface area contributed by atoms with Gasteiger partial charge in [0.2, 0.25) is 0 Å². The van der Waals surface area contributed by atoms with Crippen LogP contribution in [0.1, 0.15) is 37.3 Å². The lowest BCUT2D eigenvalue weighted by molar-refractivity contribution is -0.131. The van der Waals surface area contributed by atoms with Gasteiger partial charge in [-0.1, -0.05) is 48.5 Å². The lowest BCUT2D eigenvalue weighted by atomic mass is 9.87. The Kier molecular flexibility index (Phi) is 4.88. The van der Waals surface area contributed by atoms with Gasteiger partial charge in [-0.2, -0.15) is 0 Å². The Hall–Kier alpha value is -2.42. The third-order valence-electron chi connectivity index (χ3n) is 3.24. The highest BCUT2D eigenvalue weighted by molar-refractivity contribution is 5.77. The van der Waals surface area contributed by atoms with E-state index in [4.69, 9.17) is 4.74 Å². The number of para-hydroxylation sites is 1. The van der Waals surface area contributed by atoms with Crippen LogP contribution in [0.2, 0.25) is 0 Å². The molecule has 0 saturated carbocycles. The number of carbonyl (C=O) groups excluding carboxylic acids is 2. The van der Waals surface area contributed by atoms with Crippen LogP contribution in [0.25, 0.3) is 0 Å². The second-order valence-electron chi connectivity index (χ2n) is 5.00. The molecule has 0 amide bonds. The fourth-order valence-corrected chi connectivity index (χ4v) is 2.40. The Balaban J connectivity index is 2.46. The SMILES string of the molecule is CC(=O)CC(c1ccccc1)c1ccccc1OC(C)=O. The number of hydrogen-bond donors (Lipinski definition) is 0. The van der Waals surface area contributed by atoms with Crippen molar-refractivity contribution >= 4 is 11.8 Å². The van der Waals surface area contributed by atoms with Gasteiger partial charge in [0.05, 0.1) is 0 Å². The van der Waals surface area contributed by atoms with E-state index in [1.54, 1.807) is 13.0 Å². The first-order valence-electron chi connectivity index (χ1n) is 6.89. The molecule has 0 spiro atoms. The van der Waals surface area contributed by atoms with Crippen molar-refractivity contribution in [2.45, 2.75) is 26.2 Å². The zero-order valence-corrected chi connectivity index (χ0v) is 12.2. The van der Waals surface area contributed by atoms with E-state index >= 15 is 0 Å². The molecule has 1 atom stereocenters. The third-order valence-corrected chi connectivity index (χ3v) is 3.24. The monoisotopic (exact) mass is 282 g/mol. The van der Waals surface area contributed by atoms with E-state index in [1.807, 2.05) is 48.5 Å². The summed E-state index contributed by atoms with van der Waals surface area (Å²) in [6.07, 6.45) is 0.377. The zero-order valence-electron chi connectivity index (χ0n) is 12.2. The fraction of sp³-hybridized carbons (Fsp3) is 0.222. The van der Waals surface area contributed by atoms with Gasteiger partial charge < -0.3 is 4.74 Å². The van der Waals surface area contributed by atoms with Gasteiger partial charge in [-0.05, 0) is 18.6 Å². The molecule has 2 aromatic carbocycles. The molecule has 1 unspecified atom stereocenters. The number of ether oxygens (including phenoxy) is 1. The molecule has 0 aliphatic heterocycles. The number of esters is 1. The van der Waals surface area contributed by atoms with Gasteiger partial charge in [-0.15, -0.1) is 0 Å². The molecule has 21 heavy (non-hydrogen) atoms. The summed E-state index contributed by atoms with van der Waals surface area (Å²) in [6.45, 7) is 2.95. The number of rotatable bonds is 5. The molecule has 0 aliphatic rings. The standard InChI is InChI=1S/C18H18O3/c1-13(19)12-17(15-8-4-3-5-9-15)16-10-6-7-11-18(16)21-14(2)20/h3-11,17H,12H2,1-2H3. The maximum absolute atomic E-state index is 11.6. The lowest BCUT2D eigenvalue weighted by Gasteiger charge is -2.19. The summed E-state index contributed by atoms with van der Waals surface area (Å²) >= 11 is 0. The molecule has 0 heterocycles. The molecule has 2 aromatic rings. The summed E-state index contributed by atoms with van der Waals surface area (Å²) in [7, 11) is 0. The summed E-state index contributed by atoms with van der Waals surface area (Å²) in [5.74, 6) is 0.137. The van der Waals surface area contributed by atoms with Crippen LogP contribution >= 0.6 is 0 Å². The zero-order chi connectivity index (χ0) is 15.2. The molecule has 0 bridgehead atoms. The molecule has 3 heteroatoms. The number of ketones is 1. The van der Waals surface area contributed by atoms with Crippen LogP contribution in [-0.2, 0) is 9.59 Å². The Morgan fingerprint density at radius 1 is 0.952 bits per heavy atom.